The molecule has 2 aromatic carbocycles. The zero-order valence-corrected chi connectivity index (χ0v) is 19.6. The second kappa shape index (κ2) is 10.9. The van der Waals surface area contributed by atoms with Crippen LogP contribution in [0.2, 0.25) is 0 Å². The molecule has 0 radical (unpaired) electrons. The van der Waals surface area contributed by atoms with E-state index in [2.05, 4.69) is 5.16 Å². The van der Waals surface area contributed by atoms with E-state index in [1.807, 2.05) is 45.9 Å². The van der Waals surface area contributed by atoms with Crippen LogP contribution >= 0.6 is 0 Å². The molecule has 0 fully saturated rings. The molecular weight excluding hydrogens is 424 g/mol. The molecule has 0 unspecified atom stereocenters. The minimum atomic E-state index is -0.200. The summed E-state index contributed by atoms with van der Waals surface area (Å²) in [6.07, 6.45) is 1.17. The molecule has 2 N–H and O–H groups in total. The van der Waals surface area contributed by atoms with E-state index in [1.54, 1.807) is 11.0 Å². The van der Waals surface area contributed by atoms with Gasteiger partial charge in [0.1, 0.15) is 11.5 Å². The fraction of sp³-hybridized carbons (Fsp3) is 0.440. The molecule has 33 heavy (non-hydrogen) atoms. The predicted octanol–water partition coefficient (Wildman–Crippen LogP) is 4.17. The highest BCUT2D eigenvalue weighted by molar-refractivity contribution is 6.04. The van der Waals surface area contributed by atoms with Crippen molar-refractivity contribution in [2.75, 3.05) is 26.5 Å². The summed E-state index contributed by atoms with van der Waals surface area (Å²) < 4.78 is 10.8. The topological polar surface area (TPSA) is 101 Å². The fourth-order valence-corrected chi connectivity index (χ4v) is 3.69. The number of likely N-dealkylation sites (N-methyl/N-ethyl adjacent to an activating group) is 1. The Morgan fingerprint density at radius 1 is 1.12 bits per heavy atom. The Labute approximate surface area is 194 Å². The quantitative estimate of drug-likeness (QED) is 0.411. The number of phenols is 2. The first kappa shape index (κ1) is 24.2. The number of benzene rings is 2. The standard InChI is InChI=1S/C25H32N2O6/c1-5-9-27(6-2)25(30)14-33-26-20(10-17-7-8-23-24(11-17)32-15-31-23)19-12-18(16(3)4)21(28)13-22(19)29/h7-8,11-13,16,28-29H,5-6,9-10,14-15H2,1-4H3/b26-20+. The smallest absolute Gasteiger partial charge is 0.263 e. The number of ether oxygens (including phenoxy) is 2. The van der Waals surface area contributed by atoms with Crippen molar-refractivity contribution < 1.29 is 29.3 Å². The van der Waals surface area contributed by atoms with Crippen LogP contribution in [-0.2, 0) is 16.1 Å². The normalized spacial score (nSPS) is 12.8. The molecule has 0 saturated heterocycles. The van der Waals surface area contributed by atoms with Gasteiger partial charge < -0.3 is 29.4 Å². The van der Waals surface area contributed by atoms with Crippen molar-refractivity contribution in [1.29, 1.82) is 0 Å². The lowest BCUT2D eigenvalue weighted by Crippen LogP contribution is -2.34. The van der Waals surface area contributed by atoms with Crippen LogP contribution in [0.5, 0.6) is 23.0 Å². The number of rotatable bonds is 10. The van der Waals surface area contributed by atoms with E-state index in [-0.39, 0.29) is 36.7 Å². The summed E-state index contributed by atoms with van der Waals surface area (Å²) in [5, 5.41) is 25.1. The van der Waals surface area contributed by atoms with Gasteiger partial charge in [-0.1, -0.05) is 32.0 Å². The highest BCUT2D eigenvalue weighted by Gasteiger charge is 2.20. The van der Waals surface area contributed by atoms with Gasteiger partial charge in [-0.25, -0.2) is 0 Å². The first-order valence-corrected chi connectivity index (χ1v) is 11.2. The largest absolute Gasteiger partial charge is 0.508 e. The van der Waals surface area contributed by atoms with E-state index in [4.69, 9.17) is 14.3 Å². The number of hydrogen-bond donors (Lipinski definition) is 2. The number of phenolic OH excluding ortho intramolecular Hbond substituents is 2. The second-order valence-electron chi connectivity index (χ2n) is 8.23. The minimum Gasteiger partial charge on any atom is -0.508 e. The van der Waals surface area contributed by atoms with Gasteiger partial charge in [0, 0.05) is 31.1 Å². The summed E-state index contributed by atoms with van der Waals surface area (Å²) in [7, 11) is 0. The van der Waals surface area contributed by atoms with Crippen molar-refractivity contribution in [1.82, 2.24) is 4.90 Å². The number of carbonyl (C=O) groups excluding carboxylic acids is 1. The Balaban J connectivity index is 1.90. The zero-order chi connectivity index (χ0) is 24.0. The van der Waals surface area contributed by atoms with Gasteiger partial charge in [0.25, 0.3) is 5.91 Å². The lowest BCUT2D eigenvalue weighted by atomic mass is 9.94. The number of aromatic hydroxyl groups is 2. The maximum Gasteiger partial charge on any atom is 0.263 e. The predicted molar refractivity (Wildman–Crippen MR) is 125 cm³/mol. The summed E-state index contributed by atoms with van der Waals surface area (Å²) in [4.78, 5) is 19.6. The molecule has 1 amide bonds. The van der Waals surface area contributed by atoms with Crippen LogP contribution in [0, 0.1) is 0 Å². The molecule has 0 spiro atoms. The Hall–Kier alpha value is -3.42. The highest BCUT2D eigenvalue weighted by Crippen LogP contribution is 2.35. The van der Waals surface area contributed by atoms with Gasteiger partial charge in [-0.3, -0.25) is 4.79 Å². The van der Waals surface area contributed by atoms with Crippen LogP contribution in [0.1, 0.15) is 56.7 Å². The lowest BCUT2D eigenvalue weighted by molar-refractivity contribution is -0.135. The van der Waals surface area contributed by atoms with Crippen LogP contribution in [0.3, 0.4) is 0 Å². The number of fused-ring (bicyclic) bond motifs is 1. The third-order valence-corrected chi connectivity index (χ3v) is 5.48. The number of amides is 1. The molecule has 0 aliphatic carbocycles. The molecule has 2 aromatic rings. The highest BCUT2D eigenvalue weighted by atomic mass is 16.7. The van der Waals surface area contributed by atoms with E-state index < -0.39 is 0 Å². The van der Waals surface area contributed by atoms with Gasteiger partial charge in [-0.05, 0) is 48.6 Å². The van der Waals surface area contributed by atoms with E-state index in [0.717, 1.165) is 12.0 Å². The van der Waals surface area contributed by atoms with Crippen LogP contribution in [0.15, 0.2) is 35.5 Å². The molecule has 0 atom stereocenters. The third-order valence-electron chi connectivity index (χ3n) is 5.48. The van der Waals surface area contributed by atoms with Crippen LogP contribution in [0.25, 0.3) is 0 Å². The van der Waals surface area contributed by atoms with E-state index in [0.29, 0.717) is 47.8 Å². The molecule has 8 heteroatoms. The fourth-order valence-electron chi connectivity index (χ4n) is 3.69. The minimum absolute atomic E-state index is 0.0166. The van der Waals surface area contributed by atoms with Gasteiger partial charge in [-0.15, -0.1) is 0 Å². The van der Waals surface area contributed by atoms with Crippen molar-refractivity contribution in [3.63, 3.8) is 0 Å². The number of hydrogen-bond acceptors (Lipinski definition) is 7. The van der Waals surface area contributed by atoms with Gasteiger partial charge >= 0.3 is 0 Å². The van der Waals surface area contributed by atoms with Crippen molar-refractivity contribution in [3.05, 3.63) is 47.0 Å². The molecule has 178 valence electrons. The zero-order valence-electron chi connectivity index (χ0n) is 19.6. The van der Waals surface area contributed by atoms with E-state index >= 15 is 0 Å². The average Bonchev–Trinajstić information content (AvgIpc) is 3.24. The first-order valence-electron chi connectivity index (χ1n) is 11.2. The Kier molecular flexibility index (Phi) is 8.03. The summed E-state index contributed by atoms with van der Waals surface area (Å²) >= 11 is 0. The van der Waals surface area contributed by atoms with Crippen molar-refractivity contribution in [3.8, 4) is 23.0 Å². The Morgan fingerprint density at radius 3 is 2.58 bits per heavy atom. The van der Waals surface area contributed by atoms with Crippen LogP contribution in [-0.4, -0.2) is 53.2 Å². The molecule has 1 heterocycles. The maximum absolute atomic E-state index is 12.4. The number of carbonyl (C=O) groups is 1. The van der Waals surface area contributed by atoms with Crippen molar-refractivity contribution in [2.24, 2.45) is 5.16 Å². The van der Waals surface area contributed by atoms with Crippen molar-refractivity contribution >= 4 is 11.6 Å². The summed E-state index contributed by atoms with van der Waals surface area (Å²) in [6.45, 7) is 9.06. The summed E-state index contributed by atoms with van der Waals surface area (Å²) in [6, 6.07) is 8.57. The molecular formula is C25H32N2O6. The lowest BCUT2D eigenvalue weighted by Gasteiger charge is -2.19. The molecule has 1 aliphatic heterocycles. The monoisotopic (exact) mass is 456 g/mol. The van der Waals surface area contributed by atoms with E-state index in [1.165, 1.54) is 6.07 Å². The second-order valence-corrected chi connectivity index (χ2v) is 8.23. The third kappa shape index (κ3) is 5.88. The first-order chi connectivity index (χ1) is 15.8. The molecule has 0 bridgehead atoms. The Morgan fingerprint density at radius 2 is 1.88 bits per heavy atom. The van der Waals surface area contributed by atoms with Gasteiger partial charge in [-0.2, -0.15) is 0 Å². The number of nitrogens with zero attached hydrogens (tertiary/aromatic N) is 2. The maximum atomic E-state index is 12.4. The van der Waals surface area contributed by atoms with E-state index in [9.17, 15) is 15.0 Å². The average molecular weight is 457 g/mol. The molecule has 3 rings (SSSR count). The Bertz CT molecular complexity index is 1020. The van der Waals surface area contributed by atoms with Gasteiger partial charge in [0.05, 0.1) is 5.71 Å². The molecule has 1 aliphatic rings. The van der Waals surface area contributed by atoms with Gasteiger partial charge in [0.15, 0.2) is 18.1 Å². The van der Waals surface area contributed by atoms with Crippen LogP contribution in [0.4, 0.5) is 0 Å². The summed E-state index contributed by atoms with van der Waals surface area (Å²) in [5.41, 5.74) is 2.41. The molecule has 0 saturated carbocycles. The molecule has 0 aromatic heterocycles. The van der Waals surface area contributed by atoms with Crippen LogP contribution < -0.4 is 9.47 Å². The number of oxime groups is 1. The molecule has 8 nitrogen and oxygen atoms in total. The van der Waals surface area contributed by atoms with Crippen molar-refractivity contribution in [2.45, 2.75) is 46.5 Å². The van der Waals surface area contributed by atoms with Gasteiger partial charge in [0.2, 0.25) is 6.79 Å². The summed E-state index contributed by atoms with van der Waals surface area (Å²) in [5.74, 6) is 1.09. The SMILES string of the molecule is CCCN(CC)C(=O)CO/N=C(\Cc1ccc2c(c1)OCO2)c1cc(C(C)C)c(O)cc1O.